The van der Waals surface area contributed by atoms with E-state index in [4.69, 9.17) is 14.2 Å². The van der Waals surface area contributed by atoms with E-state index in [0.717, 1.165) is 49.8 Å². The molecule has 1 saturated carbocycles. The van der Waals surface area contributed by atoms with Crippen molar-refractivity contribution < 1.29 is 28.9 Å². The molecule has 0 saturated heterocycles. The van der Waals surface area contributed by atoms with Crippen LogP contribution >= 0.6 is 0 Å². The summed E-state index contributed by atoms with van der Waals surface area (Å²) in [6, 6.07) is 14.1. The maximum absolute atomic E-state index is 12.1. The zero-order valence-corrected chi connectivity index (χ0v) is 25.2. The van der Waals surface area contributed by atoms with Crippen LogP contribution in [0.3, 0.4) is 0 Å². The lowest BCUT2D eigenvalue weighted by Crippen LogP contribution is -2.34. The molecule has 2 aromatic carbocycles. The molecule has 0 aromatic heterocycles. The quantitative estimate of drug-likeness (QED) is 0.171. The van der Waals surface area contributed by atoms with Crippen LogP contribution in [0.2, 0.25) is 0 Å². The number of carbonyl (C=O) groups is 2. The van der Waals surface area contributed by atoms with Crippen LogP contribution in [0.1, 0.15) is 102 Å². The van der Waals surface area contributed by atoms with Gasteiger partial charge in [-0.3, -0.25) is 0 Å². The van der Waals surface area contributed by atoms with Crippen molar-refractivity contribution in [3.8, 4) is 11.5 Å². The second-order valence-electron chi connectivity index (χ2n) is 11.5. The Morgan fingerprint density at radius 3 is 2.35 bits per heavy atom. The summed E-state index contributed by atoms with van der Waals surface area (Å²) in [5.41, 5.74) is 1.41. The number of para-hydroxylation sites is 1. The van der Waals surface area contributed by atoms with Gasteiger partial charge in [-0.05, 0) is 85.8 Å². The van der Waals surface area contributed by atoms with E-state index in [2.05, 4.69) is 34.6 Å². The molecule has 1 aliphatic carbocycles. The van der Waals surface area contributed by atoms with Crippen LogP contribution in [0.4, 0.5) is 0 Å². The fourth-order valence-electron chi connectivity index (χ4n) is 5.26. The molecule has 1 fully saturated rings. The van der Waals surface area contributed by atoms with Crippen LogP contribution in [-0.4, -0.2) is 36.4 Å². The highest BCUT2D eigenvalue weighted by Crippen LogP contribution is 2.40. The average molecular weight is 553 g/mol. The minimum absolute atomic E-state index is 0.0179. The lowest BCUT2D eigenvalue weighted by atomic mass is 9.71. The summed E-state index contributed by atoms with van der Waals surface area (Å²) in [6.07, 6.45) is 11.5. The fraction of sp³-hybridized carbons (Fsp3) is 0.529. The highest BCUT2D eigenvalue weighted by atomic mass is 16.5. The number of carbonyl (C=O) groups excluding carboxylic acids is 2. The maximum Gasteiger partial charge on any atom is 0.342 e. The first-order valence-corrected chi connectivity index (χ1v) is 14.6. The molecule has 220 valence electrons. The van der Waals surface area contributed by atoms with Crippen molar-refractivity contribution in [2.75, 3.05) is 7.11 Å². The summed E-state index contributed by atoms with van der Waals surface area (Å²) < 4.78 is 16.1. The number of rotatable bonds is 11. The number of phenols is 1. The molecule has 1 N–H and O–H groups in total. The lowest BCUT2D eigenvalue weighted by Gasteiger charge is -2.38. The van der Waals surface area contributed by atoms with Crippen molar-refractivity contribution in [1.82, 2.24) is 0 Å². The normalized spacial score (nSPS) is 18.8. The highest BCUT2D eigenvalue weighted by molar-refractivity contribution is 5.92. The molecule has 0 aliphatic heterocycles. The van der Waals surface area contributed by atoms with Crippen LogP contribution in [-0.2, 0) is 14.3 Å². The van der Waals surface area contributed by atoms with Gasteiger partial charge in [0.15, 0.2) is 0 Å². The molecule has 0 amide bonds. The standard InChI is InChI=1S/C18H26O3.C16H22O3/c1-4-6-7-8-16(5-2)21-18(19)14-11-15-9-12-17(20-3)13-10-15;1-11-8-12(10-16(2,3)9-11)19-15(18)13-6-4-5-7-14(13)17/h9-14,16H,4-8H2,1-3H3;4-7,11-12,17H,8-10H2,1-3H3/b14-11+;. The van der Waals surface area contributed by atoms with Crippen molar-refractivity contribution in [2.24, 2.45) is 11.3 Å². The van der Waals surface area contributed by atoms with Gasteiger partial charge >= 0.3 is 11.9 Å². The molecule has 3 atom stereocenters. The molecule has 6 heteroatoms. The SMILES string of the molecule is CC1CC(OC(=O)c2ccccc2O)CC(C)(C)C1.CCCCCC(CC)OC(=O)/C=C/c1ccc(OC)cc1. The van der Waals surface area contributed by atoms with E-state index in [1.165, 1.54) is 25.0 Å². The van der Waals surface area contributed by atoms with Crippen LogP contribution in [0.15, 0.2) is 54.6 Å². The Balaban J connectivity index is 0.000000281. The van der Waals surface area contributed by atoms with Gasteiger partial charge in [-0.1, -0.05) is 71.7 Å². The van der Waals surface area contributed by atoms with E-state index in [-0.39, 0.29) is 34.9 Å². The number of benzene rings is 2. The van der Waals surface area contributed by atoms with Crippen LogP contribution in [0.5, 0.6) is 11.5 Å². The Kier molecular flexibility index (Phi) is 13.8. The Labute approximate surface area is 240 Å². The minimum atomic E-state index is -0.423. The number of aromatic hydroxyl groups is 1. The fourth-order valence-corrected chi connectivity index (χ4v) is 5.26. The predicted octanol–water partition coefficient (Wildman–Crippen LogP) is 8.37. The van der Waals surface area contributed by atoms with E-state index in [0.29, 0.717) is 5.92 Å². The highest BCUT2D eigenvalue weighted by Gasteiger charge is 2.34. The molecule has 0 spiro atoms. The molecule has 6 nitrogen and oxygen atoms in total. The van der Waals surface area contributed by atoms with Crippen LogP contribution in [0.25, 0.3) is 6.08 Å². The van der Waals surface area contributed by atoms with Crippen molar-refractivity contribution in [2.45, 2.75) is 98.2 Å². The summed E-state index contributed by atoms with van der Waals surface area (Å²) >= 11 is 0. The van der Waals surface area contributed by atoms with Gasteiger partial charge in [0.25, 0.3) is 0 Å². The van der Waals surface area contributed by atoms with Gasteiger partial charge in [0.05, 0.1) is 7.11 Å². The van der Waals surface area contributed by atoms with Gasteiger partial charge in [0.2, 0.25) is 0 Å². The molecule has 2 aromatic rings. The predicted molar refractivity (Wildman–Crippen MR) is 160 cm³/mol. The monoisotopic (exact) mass is 552 g/mol. The number of hydrogen-bond acceptors (Lipinski definition) is 6. The maximum atomic E-state index is 12.1. The molecule has 0 heterocycles. The summed E-state index contributed by atoms with van der Waals surface area (Å²) in [5, 5.41) is 9.66. The van der Waals surface area contributed by atoms with Crippen molar-refractivity contribution in [3.05, 3.63) is 65.7 Å². The summed E-state index contributed by atoms with van der Waals surface area (Å²) in [5.74, 6) is 0.653. The molecule has 40 heavy (non-hydrogen) atoms. The first-order valence-electron chi connectivity index (χ1n) is 14.6. The first kappa shape index (κ1) is 32.9. The minimum Gasteiger partial charge on any atom is -0.507 e. The lowest BCUT2D eigenvalue weighted by molar-refractivity contribution is -0.143. The van der Waals surface area contributed by atoms with Crippen LogP contribution < -0.4 is 4.74 Å². The number of hydrogen-bond donors (Lipinski definition) is 1. The number of ether oxygens (including phenoxy) is 3. The van der Waals surface area contributed by atoms with Crippen molar-refractivity contribution >= 4 is 18.0 Å². The molecule has 3 unspecified atom stereocenters. The molecule has 1 aliphatic rings. The number of phenolic OH excluding ortho intramolecular Hbond substituents is 1. The third-order valence-electron chi connectivity index (χ3n) is 7.14. The molecule has 0 bridgehead atoms. The Bertz CT molecular complexity index is 1070. The van der Waals surface area contributed by atoms with E-state index >= 15 is 0 Å². The van der Waals surface area contributed by atoms with Gasteiger partial charge < -0.3 is 19.3 Å². The number of methoxy groups -OCH3 is 1. The molecule has 3 rings (SSSR count). The van der Waals surface area contributed by atoms with Gasteiger partial charge in [0, 0.05) is 6.08 Å². The first-order chi connectivity index (χ1) is 19.1. The molecule has 0 radical (unpaired) electrons. The van der Waals surface area contributed by atoms with Gasteiger partial charge in [0.1, 0.15) is 29.3 Å². The van der Waals surface area contributed by atoms with Crippen LogP contribution in [0, 0.1) is 11.3 Å². The smallest absolute Gasteiger partial charge is 0.342 e. The van der Waals surface area contributed by atoms with E-state index in [1.54, 1.807) is 31.4 Å². The second kappa shape index (κ2) is 16.7. The average Bonchev–Trinajstić information content (AvgIpc) is 2.91. The topological polar surface area (TPSA) is 82.1 Å². The summed E-state index contributed by atoms with van der Waals surface area (Å²) in [4.78, 5) is 23.9. The molecular formula is C34H48O6. The number of esters is 2. The summed E-state index contributed by atoms with van der Waals surface area (Å²) in [7, 11) is 1.63. The largest absolute Gasteiger partial charge is 0.507 e. The van der Waals surface area contributed by atoms with E-state index < -0.39 is 5.97 Å². The second-order valence-corrected chi connectivity index (χ2v) is 11.5. The van der Waals surface area contributed by atoms with Gasteiger partial charge in [-0.15, -0.1) is 0 Å². The Morgan fingerprint density at radius 1 is 1.05 bits per heavy atom. The molecular weight excluding hydrogens is 504 g/mol. The zero-order chi connectivity index (χ0) is 29.5. The third kappa shape index (κ3) is 11.8. The summed E-state index contributed by atoms with van der Waals surface area (Å²) in [6.45, 7) is 10.8. The van der Waals surface area contributed by atoms with E-state index in [9.17, 15) is 14.7 Å². The van der Waals surface area contributed by atoms with E-state index in [1.807, 2.05) is 24.3 Å². The van der Waals surface area contributed by atoms with Gasteiger partial charge in [-0.2, -0.15) is 0 Å². The van der Waals surface area contributed by atoms with Crippen molar-refractivity contribution in [3.63, 3.8) is 0 Å². The third-order valence-corrected chi connectivity index (χ3v) is 7.14. The number of unbranched alkanes of at least 4 members (excludes halogenated alkanes) is 2. The zero-order valence-electron chi connectivity index (χ0n) is 25.2. The van der Waals surface area contributed by atoms with Gasteiger partial charge in [-0.25, -0.2) is 9.59 Å². The van der Waals surface area contributed by atoms with Crippen molar-refractivity contribution in [1.29, 1.82) is 0 Å². The Hall–Kier alpha value is -3.28. The Morgan fingerprint density at radius 2 is 1.75 bits per heavy atom.